The van der Waals surface area contributed by atoms with E-state index in [2.05, 4.69) is 0 Å². The summed E-state index contributed by atoms with van der Waals surface area (Å²) in [6.45, 7) is 1.27. The maximum absolute atomic E-state index is 12.7. The highest BCUT2D eigenvalue weighted by Crippen LogP contribution is 2.59. The Bertz CT molecular complexity index is 1150. The number of benzene rings is 2. The molecule has 0 amide bonds. The molecule has 0 fully saturated rings. The molecule has 0 saturated heterocycles. The molecule has 0 heterocycles. The summed E-state index contributed by atoms with van der Waals surface area (Å²) in [5.74, 6) is -1.07. The Balaban J connectivity index is 2.65. The largest absolute Gasteiger partial charge is 0.496 e. The monoisotopic (exact) mass is 472 g/mol. The Morgan fingerprint density at radius 3 is 1.97 bits per heavy atom. The number of carboxylic acids is 1. The lowest BCUT2D eigenvalue weighted by Crippen LogP contribution is -2.53. The average Bonchev–Trinajstić information content (AvgIpc) is 2.83. The number of carbonyl (C=O) groups is 2. The number of rotatable bonds is 8. The molecule has 0 bridgehead atoms. The number of Topliss-reactive ketones (excluding diaryl/α,β-unsaturated/α-hetero) is 1. The number of hydrogen-bond donors (Lipinski definition) is 1. The first-order chi connectivity index (χ1) is 15.7. The Labute approximate surface area is 197 Å². The summed E-state index contributed by atoms with van der Waals surface area (Å²) in [5.41, 5.74) is -1.25. The molecular weight excluding hydrogens is 448 g/mol. The molecule has 2 atom stereocenters. The van der Waals surface area contributed by atoms with Crippen LogP contribution in [0.5, 0.6) is 11.5 Å². The first-order valence-electron chi connectivity index (χ1n) is 10.0. The van der Waals surface area contributed by atoms with Crippen molar-refractivity contribution >= 4 is 28.9 Å². The molecule has 2 aromatic carbocycles. The van der Waals surface area contributed by atoms with Gasteiger partial charge in [0.25, 0.3) is 0 Å². The second-order valence-corrected chi connectivity index (χ2v) is 7.87. The van der Waals surface area contributed by atoms with Gasteiger partial charge in [0.1, 0.15) is 11.5 Å². The van der Waals surface area contributed by atoms with Gasteiger partial charge in [0.2, 0.25) is 0 Å². The lowest BCUT2D eigenvalue weighted by Gasteiger charge is -2.48. The predicted octanol–water partition coefficient (Wildman–Crippen LogP) is 4.19. The van der Waals surface area contributed by atoms with Gasteiger partial charge in [-0.05, 0) is 25.1 Å². The van der Waals surface area contributed by atoms with Gasteiger partial charge in [0.05, 0.1) is 19.8 Å². The van der Waals surface area contributed by atoms with Gasteiger partial charge < -0.3 is 24.1 Å². The van der Waals surface area contributed by atoms with Gasteiger partial charge in [-0.1, -0.05) is 48.0 Å². The predicted molar refractivity (Wildman–Crippen MR) is 124 cm³/mol. The van der Waals surface area contributed by atoms with Crippen molar-refractivity contribution in [2.45, 2.75) is 17.6 Å². The number of carboxylic acid groups (broad SMARTS) is 1. The molecule has 2 unspecified atom stereocenters. The van der Waals surface area contributed by atoms with Crippen molar-refractivity contribution in [1.82, 2.24) is 0 Å². The van der Waals surface area contributed by atoms with Gasteiger partial charge in [0, 0.05) is 36.5 Å². The van der Waals surface area contributed by atoms with Gasteiger partial charge >= 0.3 is 5.97 Å². The normalized spacial score (nSPS) is 22.5. The summed E-state index contributed by atoms with van der Waals surface area (Å²) in [5, 5.41) is 8.51. The molecule has 7 nitrogen and oxygen atoms in total. The van der Waals surface area contributed by atoms with Crippen molar-refractivity contribution < 1.29 is 33.6 Å². The van der Waals surface area contributed by atoms with Gasteiger partial charge in [-0.25, -0.2) is 4.79 Å². The van der Waals surface area contributed by atoms with E-state index < -0.39 is 22.4 Å². The molecule has 0 radical (unpaired) electrons. The minimum absolute atomic E-state index is 0.101. The van der Waals surface area contributed by atoms with E-state index in [1.165, 1.54) is 41.4 Å². The number of halogens is 1. The van der Waals surface area contributed by atoms with Crippen LogP contribution >= 0.6 is 11.6 Å². The molecule has 0 aromatic heterocycles. The van der Waals surface area contributed by atoms with Crippen molar-refractivity contribution in [3.05, 3.63) is 76.9 Å². The van der Waals surface area contributed by atoms with Crippen molar-refractivity contribution in [3.8, 4) is 11.5 Å². The van der Waals surface area contributed by atoms with E-state index in [0.717, 1.165) is 0 Å². The summed E-state index contributed by atoms with van der Waals surface area (Å²) in [6, 6.07) is 13.7. The summed E-state index contributed by atoms with van der Waals surface area (Å²) in [7, 11) is 5.70. The fourth-order valence-corrected chi connectivity index (χ4v) is 4.71. The molecule has 1 aliphatic carbocycles. The van der Waals surface area contributed by atoms with E-state index in [-0.39, 0.29) is 16.7 Å². The first kappa shape index (κ1) is 24.5. The van der Waals surface area contributed by atoms with E-state index in [1.807, 2.05) is 0 Å². The van der Waals surface area contributed by atoms with Crippen LogP contribution in [-0.2, 0) is 24.7 Å². The first-order valence-corrected chi connectivity index (χ1v) is 10.4. The quantitative estimate of drug-likeness (QED) is 0.576. The van der Waals surface area contributed by atoms with Crippen LogP contribution in [0.15, 0.2) is 65.8 Å². The Kier molecular flexibility index (Phi) is 6.97. The SMILES string of the molecule is COc1ccccc1C1=C(C(=O)O)C(C(C)=O)=CC(Cl)(OC)C1(OC)c1ccccc1OC. The van der Waals surface area contributed by atoms with Crippen LogP contribution in [0.25, 0.3) is 5.57 Å². The highest BCUT2D eigenvalue weighted by Gasteiger charge is 2.61. The standard InChI is InChI=1S/C25H25ClO7/c1-15(27)17-14-24(26,32-4)25(33-5,18-11-7-9-13-20(18)31-3)22(21(17)23(28)29)16-10-6-8-12-19(16)30-2/h6-14H,1-5H3,(H,28,29). The molecule has 8 heteroatoms. The Morgan fingerprint density at radius 1 is 0.879 bits per heavy atom. The van der Waals surface area contributed by atoms with Gasteiger partial charge in [0.15, 0.2) is 16.4 Å². The minimum atomic E-state index is -1.83. The maximum Gasteiger partial charge on any atom is 0.336 e. The molecule has 1 aliphatic rings. The zero-order valence-electron chi connectivity index (χ0n) is 19.0. The van der Waals surface area contributed by atoms with Crippen molar-refractivity contribution in [2.75, 3.05) is 28.4 Å². The Hall–Kier alpha value is -3.13. The van der Waals surface area contributed by atoms with Crippen molar-refractivity contribution in [1.29, 1.82) is 0 Å². The van der Waals surface area contributed by atoms with Crippen LogP contribution in [-0.4, -0.2) is 50.4 Å². The highest BCUT2D eigenvalue weighted by atomic mass is 35.5. The van der Waals surface area contributed by atoms with Gasteiger partial charge in [-0.2, -0.15) is 0 Å². The fraction of sp³-hybridized carbons (Fsp3) is 0.280. The number of carbonyl (C=O) groups excluding carboxylic acids is 1. The second-order valence-electron chi connectivity index (χ2n) is 7.30. The summed E-state index contributed by atoms with van der Waals surface area (Å²) in [4.78, 5) is 25.3. The topological polar surface area (TPSA) is 91.3 Å². The number of methoxy groups -OCH3 is 4. The number of ketones is 1. The molecule has 0 aliphatic heterocycles. The smallest absolute Gasteiger partial charge is 0.336 e. The van der Waals surface area contributed by atoms with Gasteiger partial charge in [-0.3, -0.25) is 4.79 Å². The molecule has 0 saturated carbocycles. The van der Waals surface area contributed by atoms with E-state index in [0.29, 0.717) is 22.6 Å². The third-order valence-corrected chi connectivity index (χ3v) is 6.27. The maximum atomic E-state index is 12.7. The number of hydrogen-bond acceptors (Lipinski definition) is 6. The Morgan fingerprint density at radius 2 is 1.45 bits per heavy atom. The molecule has 0 spiro atoms. The molecular formula is C25H25ClO7. The number of alkyl halides is 1. The van der Waals surface area contributed by atoms with Crippen LogP contribution in [0.2, 0.25) is 0 Å². The van der Waals surface area contributed by atoms with Crippen LogP contribution in [0.3, 0.4) is 0 Å². The third kappa shape index (κ3) is 3.72. The molecule has 3 rings (SSSR count). The second kappa shape index (κ2) is 9.39. The molecule has 33 heavy (non-hydrogen) atoms. The van der Waals surface area contributed by atoms with Crippen LogP contribution < -0.4 is 9.47 Å². The lowest BCUT2D eigenvalue weighted by atomic mass is 9.69. The number of para-hydroxylation sites is 2. The van der Waals surface area contributed by atoms with E-state index >= 15 is 0 Å². The summed E-state index contributed by atoms with van der Waals surface area (Å²) < 4.78 is 23.0. The third-order valence-electron chi connectivity index (χ3n) is 5.74. The van der Waals surface area contributed by atoms with Crippen molar-refractivity contribution in [2.24, 2.45) is 0 Å². The van der Waals surface area contributed by atoms with Gasteiger partial charge in [-0.15, -0.1) is 0 Å². The van der Waals surface area contributed by atoms with Crippen molar-refractivity contribution in [3.63, 3.8) is 0 Å². The van der Waals surface area contributed by atoms with E-state index in [9.17, 15) is 14.7 Å². The summed E-state index contributed by atoms with van der Waals surface area (Å²) in [6.07, 6.45) is 1.29. The summed E-state index contributed by atoms with van der Waals surface area (Å²) >= 11 is 7.10. The number of ether oxygens (including phenoxy) is 4. The highest BCUT2D eigenvalue weighted by molar-refractivity contribution is 6.29. The minimum Gasteiger partial charge on any atom is -0.496 e. The van der Waals surface area contributed by atoms with Crippen LogP contribution in [0, 0.1) is 0 Å². The number of aliphatic carboxylic acids is 1. The molecule has 174 valence electrons. The zero-order valence-corrected chi connectivity index (χ0v) is 19.7. The molecule has 2 aromatic rings. The van der Waals surface area contributed by atoms with Crippen LogP contribution in [0.1, 0.15) is 18.1 Å². The van der Waals surface area contributed by atoms with E-state index in [4.69, 9.17) is 30.5 Å². The van der Waals surface area contributed by atoms with E-state index in [1.54, 1.807) is 48.5 Å². The average molecular weight is 473 g/mol. The zero-order chi connectivity index (χ0) is 24.4. The van der Waals surface area contributed by atoms with Crippen LogP contribution in [0.4, 0.5) is 0 Å². The molecule has 1 N–H and O–H groups in total. The fourth-order valence-electron chi connectivity index (χ4n) is 4.32. The lowest BCUT2D eigenvalue weighted by molar-refractivity contribution is -0.133.